The Hall–Kier alpha value is -0.960. The van der Waals surface area contributed by atoms with Gasteiger partial charge in [-0.05, 0) is 38.3 Å². The lowest BCUT2D eigenvalue weighted by Gasteiger charge is -2.17. The molecule has 0 aromatic carbocycles. The number of thiophene rings is 1. The van der Waals surface area contributed by atoms with Gasteiger partial charge < -0.3 is 9.80 Å². The maximum Gasteiger partial charge on any atom is 0.0890 e. The summed E-state index contributed by atoms with van der Waals surface area (Å²) in [5.41, 5.74) is 1.54. The van der Waals surface area contributed by atoms with Crippen molar-refractivity contribution >= 4 is 11.3 Å². The second-order valence-electron chi connectivity index (χ2n) is 4.55. The van der Waals surface area contributed by atoms with Crippen LogP contribution < -0.4 is 0 Å². The molecule has 1 aromatic heterocycles. The Labute approximate surface area is 102 Å². The summed E-state index contributed by atoms with van der Waals surface area (Å²) in [7, 11) is 2.11. The average molecular weight is 236 g/mol. The Kier molecular flexibility index (Phi) is 3.54. The molecule has 3 heteroatoms. The van der Waals surface area contributed by atoms with Crippen molar-refractivity contribution in [2.24, 2.45) is 0 Å². The Morgan fingerprint density at radius 3 is 2.69 bits per heavy atom. The standard InChI is InChI=1S/C13H20N2S/c1-11-9-13(12(2)16-11)5-4-6-15-8-7-14(3)10-15/h7-9H,4-6,10H2,1-3H3. The molecule has 0 unspecified atom stereocenters. The minimum absolute atomic E-state index is 1.04. The zero-order valence-corrected chi connectivity index (χ0v) is 11.2. The summed E-state index contributed by atoms with van der Waals surface area (Å²) in [5, 5.41) is 0. The van der Waals surface area contributed by atoms with Gasteiger partial charge in [-0.15, -0.1) is 11.3 Å². The molecule has 1 aromatic rings. The van der Waals surface area contributed by atoms with Gasteiger partial charge >= 0.3 is 0 Å². The van der Waals surface area contributed by atoms with E-state index < -0.39 is 0 Å². The van der Waals surface area contributed by atoms with Crippen molar-refractivity contribution in [1.82, 2.24) is 9.80 Å². The molecule has 0 saturated heterocycles. The van der Waals surface area contributed by atoms with E-state index in [0.717, 1.165) is 13.2 Å². The van der Waals surface area contributed by atoms with E-state index in [1.807, 2.05) is 11.3 Å². The molecule has 0 fully saturated rings. The zero-order valence-electron chi connectivity index (χ0n) is 10.4. The number of nitrogens with zero attached hydrogens (tertiary/aromatic N) is 2. The number of hydrogen-bond acceptors (Lipinski definition) is 3. The fourth-order valence-electron chi connectivity index (χ4n) is 2.14. The van der Waals surface area contributed by atoms with E-state index in [1.54, 1.807) is 5.56 Å². The first kappa shape index (κ1) is 11.5. The average Bonchev–Trinajstić information content (AvgIpc) is 2.74. The Morgan fingerprint density at radius 1 is 1.31 bits per heavy atom. The molecular weight excluding hydrogens is 216 g/mol. The lowest BCUT2D eigenvalue weighted by Crippen LogP contribution is -2.23. The van der Waals surface area contributed by atoms with E-state index in [9.17, 15) is 0 Å². The van der Waals surface area contributed by atoms with E-state index >= 15 is 0 Å². The van der Waals surface area contributed by atoms with Crippen LogP contribution in [0.2, 0.25) is 0 Å². The molecule has 0 N–H and O–H groups in total. The second kappa shape index (κ2) is 4.91. The van der Waals surface area contributed by atoms with Gasteiger partial charge in [-0.1, -0.05) is 0 Å². The first-order valence-electron chi connectivity index (χ1n) is 5.83. The normalized spacial score (nSPS) is 15.2. The number of rotatable bonds is 4. The molecule has 88 valence electrons. The largest absolute Gasteiger partial charge is 0.362 e. The third kappa shape index (κ3) is 2.79. The van der Waals surface area contributed by atoms with Crippen molar-refractivity contribution in [3.05, 3.63) is 33.8 Å². The van der Waals surface area contributed by atoms with Crippen molar-refractivity contribution in [2.75, 3.05) is 20.3 Å². The third-order valence-corrected chi connectivity index (χ3v) is 3.98. The summed E-state index contributed by atoms with van der Waals surface area (Å²) in [5.74, 6) is 0. The summed E-state index contributed by atoms with van der Waals surface area (Å²) in [6.45, 7) is 6.63. The molecule has 0 bridgehead atoms. The van der Waals surface area contributed by atoms with Crippen LogP contribution in [-0.4, -0.2) is 30.1 Å². The molecule has 1 aliphatic rings. The second-order valence-corrected chi connectivity index (χ2v) is 6.01. The van der Waals surface area contributed by atoms with Crippen molar-refractivity contribution in [1.29, 1.82) is 0 Å². The predicted octanol–water partition coefficient (Wildman–Crippen LogP) is 2.97. The predicted molar refractivity (Wildman–Crippen MR) is 70.6 cm³/mol. The van der Waals surface area contributed by atoms with E-state index in [-0.39, 0.29) is 0 Å². The van der Waals surface area contributed by atoms with Crippen molar-refractivity contribution in [3.63, 3.8) is 0 Å². The maximum absolute atomic E-state index is 2.37. The van der Waals surface area contributed by atoms with Crippen LogP contribution in [0.4, 0.5) is 0 Å². The summed E-state index contributed by atoms with van der Waals surface area (Å²) < 4.78 is 0. The number of aryl methyl sites for hydroxylation is 3. The highest BCUT2D eigenvalue weighted by Gasteiger charge is 2.08. The van der Waals surface area contributed by atoms with E-state index in [0.29, 0.717) is 0 Å². The van der Waals surface area contributed by atoms with Crippen LogP contribution in [0.3, 0.4) is 0 Å². The van der Waals surface area contributed by atoms with Crippen molar-refractivity contribution in [3.8, 4) is 0 Å². The summed E-state index contributed by atoms with van der Waals surface area (Å²) in [6, 6.07) is 2.34. The number of hydrogen-bond donors (Lipinski definition) is 0. The molecule has 0 radical (unpaired) electrons. The van der Waals surface area contributed by atoms with Gasteiger partial charge in [0, 0.05) is 35.7 Å². The topological polar surface area (TPSA) is 6.48 Å². The molecule has 0 atom stereocenters. The van der Waals surface area contributed by atoms with Gasteiger partial charge in [0.05, 0.1) is 6.67 Å². The highest BCUT2D eigenvalue weighted by molar-refractivity contribution is 7.12. The molecule has 0 amide bonds. The summed E-state index contributed by atoms with van der Waals surface area (Å²) in [4.78, 5) is 7.51. The van der Waals surface area contributed by atoms with Crippen molar-refractivity contribution < 1.29 is 0 Å². The first-order valence-corrected chi connectivity index (χ1v) is 6.65. The fraction of sp³-hybridized carbons (Fsp3) is 0.538. The van der Waals surface area contributed by atoms with Crippen LogP contribution in [0, 0.1) is 13.8 Å². The van der Waals surface area contributed by atoms with E-state index in [4.69, 9.17) is 0 Å². The highest BCUT2D eigenvalue weighted by atomic mass is 32.1. The lowest BCUT2D eigenvalue weighted by atomic mass is 10.1. The van der Waals surface area contributed by atoms with Gasteiger partial charge in [-0.25, -0.2) is 0 Å². The smallest absolute Gasteiger partial charge is 0.0890 e. The Balaban J connectivity index is 1.76. The fourth-order valence-corrected chi connectivity index (χ4v) is 3.11. The Morgan fingerprint density at radius 2 is 2.12 bits per heavy atom. The molecule has 1 aliphatic heterocycles. The maximum atomic E-state index is 2.37. The monoisotopic (exact) mass is 236 g/mol. The van der Waals surface area contributed by atoms with Gasteiger partial charge in [0.1, 0.15) is 0 Å². The van der Waals surface area contributed by atoms with Crippen molar-refractivity contribution in [2.45, 2.75) is 26.7 Å². The van der Waals surface area contributed by atoms with Gasteiger partial charge in [0.15, 0.2) is 0 Å². The molecule has 2 rings (SSSR count). The van der Waals surface area contributed by atoms with Crippen LogP contribution in [0.5, 0.6) is 0 Å². The molecule has 0 spiro atoms. The van der Waals surface area contributed by atoms with Crippen LogP contribution in [0.1, 0.15) is 21.7 Å². The van der Waals surface area contributed by atoms with Gasteiger partial charge in [0.25, 0.3) is 0 Å². The summed E-state index contributed by atoms with van der Waals surface area (Å²) in [6.07, 6.45) is 6.78. The van der Waals surface area contributed by atoms with Crippen LogP contribution >= 0.6 is 11.3 Å². The molecule has 0 aliphatic carbocycles. The molecule has 2 heterocycles. The molecular formula is C13H20N2S. The molecule has 2 nitrogen and oxygen atoms in total. The Bertz CT molecular complexity index is 381. The quantitative estimate of drug-likeness (QED) is 0.793. The van der Waals surface area contributed by atoms with Crippen LogP contribution in [0.25, 0.3) is 0 Å². The molecule has 0 saturated carbocycles. The minimum Gasteiger partial charge on any atom is -0.362 e. The lowest BCUT2D eigenvalue weighted by molar-refractivity contribution is 0.294. The SMILES string of the molecule is Cc1cc(CCCN2C=CN(C)C2)c(C)s1. The molecule has 16 heavy (non-hydrogen) atoms. The highest BCUT2D eigenvalue weighted by Crippen LogP contribution is 2.21. The zero-order chi connectivity index (χ0) is 11.5. The van der Waals surface area contributed by atoms with E-state index in [2.05, 4.69) is 49.2 Å². The van der Waals surface area contributed by atoms with Gasteiger partial charge in [0.2, 0.25) is 0 Å². The summed E-state index contributed by atoms with van der Waals surface area (Å²) >= 11 is 1.92. The minimum atomic E-state index is 1.04. The third-order valence-electron chi connectivity index (χ3n) is 2.97. The van der Waals surface area contributed by atoms with Crippen LogP contribution in [-0.2, 0) is 6.42 Å². The van der Waals surface area contributed by atoms with E-state index in [1.165, 1.54) is 22.6 Å². The first-order chi connectivity index (χ1) is 7.65. The van der Waals surface area contributed by atoms with Gasteiger partial charge in [-0.2, -0.15) is 0 Å². The van der Waals surface area contributed by atoms with Gasteiger partial charge in [-0.3, -0.25) is 0 Å². The van der Waals surface area contributed by atoms with Crippen LogP contribution in [0.15, 0.2) is 18.5 Å².